The molecule has 0 saturated heterocycles. The fourth-order valence-corrected chi connectivity index (χ4v) is 1.83. The molecule has 0 aliphatic carbocycles. The zero-order valence-corrected chi connectivity index (χ0v) is 13.5. The van der Waals surface area contributed by atoms with E-state index in [1.807, 2.05) is 19.1 Å². The van der Waals surface area contributed by atoms with Crippen LogP contribution in [0.4, 0.5) is 13.2 Å². The Balaban J connectivity index is 2.57. The molecular weight excluding hydrogens is 311 g/mol. The number of methoxy groups -OCH3 is 1. The minimum absolute atomic E-state index is 0.226. The molecule has 0 aliphatic rings. The summed E-state index contributed by atoms with van der Waals surface area (Å²) in [5.74, 6) is 1.56. The Morgan fingerprint density at radius 3 is 2.52 bits per heavy atom. The molecule has 0 amide bonds. The molecule has 1 rings (SSSR count). The largest absolute Gasteiger partial charge is 0.493 e. The summed E-state index contributed by atoms with van der Waals surface area (Å²) in [7, 11) is 3.06. The van der Waals surface area contributed by atoms with Crippen molar-refractivity contribution in [3.63, 3.8) is 0 Å². The van der Waals surface area contributed by atoms with Crippen LogP contribution in [-0.4, -0.2) is 39.4 Å². The quantitative estimate of drug-likeness (QED) is 0.595. The number of nitrogens with zero attached hydrogens (tertiary/aromatic N) is 1. The van der Waals surface area contributed by atoms with E-state index in [2.05, 4.69) is 15.6 Å². The summed E-state index contributed by atoms with van der Waals surface area (Å²) >= 11 is 0. The number of halogens is 3. The second-order valence-electron chi connectivity index (χ2n) is 4.64. The lowest BCUT2D eigenvalue weighted by molar-refractivity contribution is -0.132. The lowest BCUT2D eigenvalue weighted by atomic mass is 10.2. The lowest BCUT2D eigenvalue weighted by Crippen LogP contribution is -2.38. The molecule has 0 unspecified atom stereocenters. The zero-order chi connectivity index (χ0) is 17.3. The van der Waals surface area contributed by atoms with E-state index < -0.39 is 12.6 Å². The van der Waals surface area contributed by atoms with E-state index in [0.717, 1.165) is 5.56 Å². The Hall–Kier alpha value is -2.12. The predicted molar refractivity (Wildman–Crippen MR) is 83.0 cm³/mol. The lowest BCUT2D eigenvalue weighted by Gasteiger charge is -2.14. The SMILES string of the molecule is CCOc1cc(CNC(=NC)NCCC(F)(F)F)ccc1OC. The molecule has 0 atom stereocenters. The molecule has 0 spiro atoms. The van der Waals surface area contributed by atoms with Crippen LogP contribution < -0.4 is 20.1 Å². The molecule has 0 aromatic heterocycles. The minimum Gasteiger partial charge on any atom is -0.493 e. The van der Waals surface area contributed by atoms with Gasteiger partial charge in [0.25, 0.3) is 0 Å². The second-order valence-corrected chi connectivity index (χ2v) is 4.64. The number of ether oxygens (including phenoxy) is 2. The van der Waals surface area contributed by atoms with Crippen molar-refractivity contribution in [2.45, 2.75) is 26.1 Å². The van der Waals surface area contributed by atoms with Crippen LogP contribution in [0.5, 0.6) is 11.5 Å². The Morgan fingerprint density at radius 1 is 1.22 bits per heavy atom. The highest BCUT2D eigenvalue weighted by atomic mass is 19.4. The molecule has 0 heterocycles. The summed E-state index contributed by atoms with van der Waals surface area (Å²) in [5.41, 5.74) is 0.896. The van der Waals surface area contributed by atoms with Gasteiger partial charge in [0.15, 0.2) is 17.5 Å². The summed E-state index contributed by atoms with van der Waals surface area (Å²) in [6, 6.07) is 5.44. The molecule has 1 aromatic carbocycles. The Labute approximate surface area is 133 Å². The molecule has 0 aliphatic heterocycles. The standard InChI is InChI=1S/C15H22F3N3O2/c1-4-23-13-9-11(5-6-12(13)22-3)10-21-14(19-2)20-8-7-15(16,17)18/h5-6,9H,4,7-8,10H2,1-3H3,(H2,19,20,21). The Bertz CT molecular complexity index is 519. The fourth-order valence-electron chi connectivity index (χ4n) is 1.83. The van der Waals surface area contributed by atoms with Crippen LogP contribution in [0.1, 0.15) is 18.9 Å². The van der Waals surface area contributed by atoms with Crippen molar-refractivity contribution in [2.24, 2.45) is 4.99 Å². The first-order chi connectivity index (χ1) is 10.9. The third-order valence-electron chi connectivity index (χ3n) is 2.91. The average Bonchev–Trinajstić information content (AvgIpc) is 2.50. The molecule has 130 valence electrons. The zero-order valence-electron chi connectivity index (χ0n) is 13.5. The van der Waals surface area contributed by atoms with Gasteiger partial charge >= 0.3 is 6.18 Å². The molecule has 0 bridgehead atoms. The van der Waals surface area contributed by atoms with E-state index in [9.17, 15) is 13.2 Å². The molecule has 2 N–H and O–H groups in total. The first-order valence-corrected chi connectivity index (χ1v) is 7.20. The van der Waals surface area contributed by atoms with Crippen LogP contribution in [0, 0.1) is 0 Å². The van der Waals surface area contributed by atoms with Crippen LogP contribution in [-0.2, 0) is 6.54 Å². The highest BCUT2D eigenvalue weighted by Gasteiger charge is 2.26. The molecule has 1 aromatic rings. The first-order valence-electron chi connectivity index (χ1n) is 7.20. The number of alkyl halides is 3. The Kier molecular flexibility index (Phi) is 7.50. The highest BCUT2D eigenvalue weighted by Crippen LogP contribution is 2.27. The van der Waals surface area contributed by atoms with Crippen molar-refractivity contribution in [1.82, 2.24) is 10.6 Å². The molecule has 0 fully saturated rings. The van der Waals surface area contributed by atoms with Crippen LogP contribution >= 0.6 is 0 Å². The van der Waals surface area contributed by atoms with Gasteiger partial charge in [-0.2, -0.15) is 13.2 Å². The average molecular weight is 333 g/mol. The number of nitrogens with one attached hydrogen (secondary N) is 2. The van der Waals surface area contributed by atoms with Crippen LogP contribution in [0.3, 0.4) is 0 Å². The van der Waals surface area contributed by atoms with Crippen molar-refractivity contribution in [3.8, 4) is 11.5 Å². The fraction of sp³-hybridized carbons (Fsp3) is 0.533. The third kappa shape index (κ3) is 7.12. The number of aliphatic imine (C=N–C) groups is 1. The van der Waals surface area contributed by atoms with E-state index in [0.29, 0.717) is 30.6 Å². The van der Waals surface area contributed by atoms with Crippen molar-refractivity contribution in [1.29, 1.82) is 0 Å². The van der Waals surface area contributed by atoms with Crippen molar-refractivity contribution >= 4 is 5.96 Å². The van der Waals surface area contributed by atoms with Gasteiger partial charge in [-0.25, -0.2) is 0 Å². The molecule has 5 nitrogen and oxygen atoms in total. The number of hydrogen-bond donors (Lipinski definition) is 2. The smallest absolute Gasteiger partial charge is 0.390 e. The van der Waals surface area contributed by atoms with Gasteiger partial charge in [0.1, 0.15) is 0 Å². The molecule has 0 radical (unpaired) electrons. The maximum Gasteiger partial charge on any atom is 0.390 e. The van der Waals surface area contributed by atoms with Gasteiger partial charge in [-0.15, -0.1) is 0 Å². The molecule has 0 saturated carbocycles. The molecule has 8 heteroatoms. The van der Waals surface area contributed by atoms with Gasteiger partial charge < -0.3 is 20.1 Å². The number of benzene rings is 1. The van der Waals surface area contributed by atoms with E-state index in [1.165, 1.54) is 7.05 Å². The summed E-state index contributed by atoms with van der Waals surface area (Å²) in [5, 5.41) is 5.58. The van der Waals surface area contributed by atoms with Crippen LogP contribution in [0.2, 0.25) is 0 Å². The monoisotopic (exact) mass is 333 g/mol. The van der Waals surface area contributed by atoms with Gasteiger partial charge in [0.05, 0.1) is 20.1 Å². The van der Waals surface area contributed by atoms with Crippen LogP contribution in [0.15, 0.2) is 23.2 Å². The minimum atomic E-state index is -4.19. The van der Waals surface area contributed by atoms with Gasteiger partial charge in [0, 0.05) is 20.1 Å². The predicted octanol–water partition coefficient (Wildman–Crippen LogP) is 2.71. The number of hydrogen-bond acceptors (Lipinski definition) is 3. The first kappa shape index (κ1) is 18.9. The van der Waals surface area contributed by atoms with E-state index in [-0.39, 0.29) is 6.54 Å². The normalized spacial score (nSPS) is 12.0. The van der Waals surface area contributed by atoms with Crippen molar-refractivity contribution < 1.29 is 22.6 Å². The van der Waals surface area contributed by atoms with Gasteiger partial charge in [-0.3, -0.25) is 4.99 Å². The summed E-state index contributed by atoms with van der Waals surface area (Å²) in [6.07, 6.45) is -5.10. The van der Waals surface area contributed by atoms with Crippen LogP contribution in [0.25, 0.3) is 0 Å². The molecular formula is C15H22F3N3O2. The highest BCUT2D eigenvalue weighted by molar-refractivity contribution is 5.79. The van der Waals surface area contributed by atoms with Crippen molar-refractivity contribution in [3.05, 3.63) is 23.8 Å². The Morgan fingerprint density at radius 2 is 1.96 bits per heavy atom. The van der Waals surface area contributed by atoms with E-state index in [4.69, 9.17) is 9.47 Å². The summed E-state index contributed by atoms with van der Waals surface area (Å²) in [6.45, 7) is 2.55. The second kappa shape index (κ2) is 9.12. The topological polar surface area (TPSA) is 54.9 Å². The van der Waals surface area contributed by atoms with Gasteiger partial charge in [-0.1, -0.05) is 6.07 Å². The van der Waals surface area contributed by atoms with E-state index >= 15 is 0 Å². The number of guanidine groups is 1. The summed E-state index contributed by atoms with van der Waals surface area (Å²) in [4.78, 5) is 3.89. The maximum absolute atomic E-state index is 12.1. The van der Waals surface area contributed by atoms with Gasteiger partial charge in [0.2, 0.25) is 0 Å². The summed E-state index contributed by atoms with van der Waals surface area (Å²) < 4.78 is 47.0. The van der Waals surface area contributed by atoms with Crippen molar-refractivity contribution in [2.75, 3.05) is 27.3 Å². The third-order valence-corrected chi connectivity index (χ3v) is 2.91. The molecule has 23 heavy (non-hydrogen) atoms. The van der Waals surface area contributed by atoms with Gasteiger partial charge in [-0.05, 0) is 24.6 Å². The number of rotatable bonds is 7. The van der Waals surface area contributed by atoms with E-state index in [1.54, 1.807) is 13.2 Å². The maximum atomic E-state index is 12.1.